The average molecular weight is 357 g/mol. The van der Waals surface area contributed by atoms with E-state index < -0.39 is 0 Å². The molecule has 0 spiro atoms. The van der Waals surface area contributed by atoms with Crippen LogP contribution in [-0.4, -0.2) is 23.3 Å². The summed E-state index contributed by atoms with van der Waals surface area (Å²) in [6.07, 6.45) is 3.82. The number of halogens is 1. The molecule has 0 saturated heterocycles. The van der Waals surface area contributed by atoms with Gasteiger partial charge in [0.05, 0.1) is 6.61 Å². The number of hydrogen-bond acceptors (Lipinski definition) is 5. The molecule has 3 rings (SSSR count). The largest absolute Gasteiger partial charge is 0.493 e. The van der Waals surface area contributed by atoms with Crippen LogP contribution >= 0.6 is 11.6 Å². The van der Waals surface area contributed by atoms with Crippen LogP contribution in [0.2, 0.25) is 5.02 Å². The highest BCUT2D eigenvalue weighted by Gasteiger charge is 2.19. The first-order valence-corrected chi connectivity index (χ1v) is 8.97. The van der Waals surface area contributed by atoms with E-state index in [0.29, 0.717) is 23.2 Å². The van der Waals surface area contributed by atoms with Crippen molar-refractivity contribution < 1.29 is 4.74 Å². The molecule has 0 N–H and O–H groups in total. The van der Waals surface area contributed by atoms with E-state index in [2.05, 4.69) is 22.0 Å². The summed E-state index contributed by atoms with van der Waals surface area (Å²) in [6, 6.07) is 11.2. The van der Waals surface area contributed by atoms with Gasteiger partial charge in [0.15, 0.2) is 11.5 Å². The Hall–Kier alpha value is -2.32. The minimum atomic E-state index is 0.312. The lowest BCUT2D eigenvalue weighted by Crippen LogP contribution is -2.24. The monoisotopic (exact) mass is 356 g/mol. The summed E-state index contributed by atoms with van der Waals surface area (Å²) in [5, 5.41) is 17.6. The highest BCUT2D eigenvalue weighted by atomic mass is 35.5. The van der Waals surface area contributed by atoms with Crippen LogP contribution < -0.4 is 9.64 Å². The summed E-state index contributed by atoms with van der Waals surface area (Å²) in [4.78, 5) is 2.08. The van der Waals surface area contributed by atoms with Gasteiger partial charge in [0, 0.05) is 23.7 Å². The van der Waals surface area contributed by atoms with Gasteiger partial charge in [-0.2, -0.15) is 5.26 Å². The zero-order valence-electron chi connectivity index (χ0n) is 14.3. The highest BCUT2D eigenvalue weighted by Crippen LogP contribution is 2.30. The molecule has 6 heteroatoms. The number of aromatic nitrogens is 2. The molecule has 0 amide bonds. The fraction of sp³-hybridized carbons (Fsp3) is 0.421. The van der Waals surface area contributed by atoms with E-state index in [4.69, 9.17) is 21.6 Å². The zero-order chi connectivity index (χ0) is 17.6. The van der Waals surface area contributed by atoms with Crippen molar-refractivity contribution in [1.82, 2.24) is 10.2 Å². The topological polar surface area (TPSA) is 62.0 Å². The summed E-state index contributed by atoms with van der Waals surface area (Å²) in [5.41, 5.74) is 1.34. The number of nitriles is 1. The molecule has 1 aromatic heterocycles. The van der Waals surface area contributed by atoms with Gasteiger partial charge < -0.3 is 9.64 Å². The molecule has 0 unspecified atom stereocenters. The molecular weight excluding hydrogens is 336 g/mol. The van der Waals surface area contributed by atoms with Crippen LogP contribution in [0.3, 0.4) is 0 Å². The number of benzene rings is 1. The van der Waals surface area contributed by atoms with Crippen molar-refractivity contribution in [2.24, 2.45) is 5.92 Å². The standard InChI is InChI=1S/C19H21ClN4O/c1-2-24(19-9-7-17(11-21)22-23-19)12-15-10-16(20)6-8-18(15)25-13-14-4-3-5-14/h6-10,14H,2-5,12-13H2,1H3. The van der Waals surface area contributed by atoms with E-state index >= 15 is 0 Å². The lowest BCUT2D eigenvalue weighted by Gasteiger charge is -2.27. The highest BCUT2D eigenvalue weighted by molar-refractivity contribution is 6.30. The smallest absolute Gasteiger partial charge is 0.163 e. The SMILES string of the molecule is CCN(Cc1cc(Cl)ccc1OCC1CCC1)c1ccc(C#N)nn1. The Morgan fingerprint density at radius 2 is 2.12 bits per heavy atom. The molecule has 130 valence electrons. The van der Waals surface area contributed by atoms with Gasteiger partial charge in [-0.3, -0.25) is 0 Å². The Labute approximate surface area is 153 Å². The molecule has 25 heavy (non-hydrogen) atoms. The molecule has 0 atom stereocenters. The van der Waals surface area contributed by atoms with Crippen molar-refractivity contribution in [3.8, 4) is 11.8 Å². The summed E-state index contributed by atoms with van der Waals surface area (Å²) < 4.78 is 6.05. The molecule has 1 heterocycles. The maximum atomic E-state index is 8.86. The molecule has 1 aromatic carbocycles. The van der Waals surface area contributed by atoms with E-state index in [1.54, 1.807) is 6.07 Å². The predicted octanol–water partition coefficient (Wildman–Crippen LogP) is 4.21. The second-order valence-corrected chi connectivity index (χ2v) is 6.70. The third kappa shape index (κ3) is 4.40. The van der Waals surface area contributed by atoms with Gasteiger partial charge in [-0.15, -0.1) is 10.2 Å². The Balaban J connectivity index is 1.76. The first-order valence-electron chi connectivity index (χ1n) is 8.59. The molecule has 5 nitrogen and oxygen atoms in total. The second-order valence-electron chi connectivity index (χ2n) is 6.26. The fourth-order valence-corrected chi connectivity index (χ4v) is 2.99. The molecule has 1 saturated carbocycles. The van der Waals surface area contributed by atoms with Gasteiger partial charge in [-0.1, -0.05) is 18.0 Å². The van der Waals surface area contributed by atoms with Gasteiger partial charge in [-0.05, 0) is 56.0 Å². The van der Waals surface area contributed by atoms with Crippen LogP contribution in [0.5, 0.6) is 5.75 Å². The summed E-state index contributed by atoms with van der Waals surface area (Å²) >= 11 is 6.19. The van der Waals surface area contributed by atoms with E-state index in [1.165, 1.54) is 19.3 Å². The van der Waals surface area contributed by atoms with Crippen molar-refractivity contribution >= 4 is 17.4 Å². The molecule has 0 bridgehead atoms. The molecule has 1 aliphatic rings. The Bertz CT molecular complexity index is 753. The van der Waals surface area contributed by atoms with Crippen molar-refractivity contribution in [2.75, 3.05) is 18.1 Å². The normalized spacial score (nSPS) is 13.8. The first-order chi connectivity index (χ1) is 12.2. The zero-order valence-corrected chi connectivity index (χ0v) is 15.0. The van der Waals surface area contributed by atoms with Crippen molar-refractivity contribution in [2.45, 2.75) is 32.7 Å². The van der Waals surface area contributed by atoms with Crippen LogP contribution in [0.15, 0.2) is 30.3 Å². The minimum Gasteiger partial charge on any atom is -0.493 e. The van der Waals surface area contributed by atoms with Gasteiger partial charge in [0.25, 0.3) is 0 Å². The molecular formula is C19H21ClN4O. The van der Waals surface area contributed by atoms with Crippen LogP contribution in [0.1, 0.15) is 37.4 Å². The second kappa shape index (κ2) is 8.17. The van der Waals surface area contributed by atoms with Gasteiger partial charge in [-0.25, -0.2) is 0 Å². The van der Waals surface area contributed by atoms with Gasteiger partial charge in [0.1, 0.15) is 11.8 Å². The first kappa shape index (κ1) is 17.5. The van der Waals surface area contributed by atoms with E-state index in [-0.39, 0.29) is 0 Å². The van der Waals surface area contributed by atoms with E-state index in [1.807, 2.05) is 30.3 Å². The Morgan fingerprint density at radius 1 is 1.28 bits per heavy atom. The average Bonchev–Trinajstić information content (AvgIpc) is 2.60. The summed E-state index contributed by atoms with van der Waals surface area (Å²) in [5.74, 6) is 2.28. The summed E-state index contributed by atoms with van der Waals surface area (Å²) in [6.45, 7) is 4.20. The van der Waals surface area contributed by atoms with Gasteiger partial charge in [0.2, 0.25) is 0 Å². The van der Waals surface area contributed by atoms with Crippen LogP contribution in [-0.2, 0) is 6.54 Å². The molecule has 0 radical (unpaired) electrons. The Morgan fingerprint density at radius 3 is 2.72 bits per heavy atom. The number of anilines is 1. The maximum Gasteiger partial charge on any atom is 0.163 e. The number of ether oxygens (including phenoxy) is 1. The van der Waals surface area contributed by atoms with Gasteiger partial charge >= 0.3 is 0 Å². The lowest BCUT2D eigenvalue weighted by atomic mass is 9.86. The third-order valence-electron chi connectivity index (χ3n) is 4.55. The quantitative estimate of drug-likeness (QED) is 0.743. The van der Waals surface area contributed by atoms with Crippen LogP contribution in [0, 0.1) is 17.2 Å². The van der Waals surface area contributed by atoms with E-state index in [9.17, 15) is 0 Å². The summed E-state index contributed by atoms with van der Waals surface area (Å²) in [7, 11) is 0. The molecule has 0 aliphatic heterocycles. The number of nitrogens with zero attached hydrogens (tertiary/aromatic N) is 4. The molecule has 1 fully saturated rings. The number of rotatable bonds is 7. The van der Waals surface area contributed by atoms with E-state index in [0.717, 1.165) is 30.3 Å². The van der Waals surface area contributed by atoms with Crippen molar-refractivity contribution in [3.05, 3.63) is 46.6 Å². The molecule has 1 aliphatic carbocycles. The predicted molar refractivity (Wildman–Crippen MR) is 97.8 cm³/mol. The van der Waals surface area contributed by atoms with Crippen molar-refractivity contribution in [1.29, 1.82) is 5.26 Å². The van der Waals surface area contributed by atoms with Crippen LogP contribution in [0.4, 0.5) is 5.82 Å². The Kier molecular flexibility index (Phi) is 5.72. The fourth-order valence-electron chi connectivity index (χ4n) is 2.79. The lowest BCUT2D eigenvalue weighted by molar-refractivity contribution is 0.179. The third-order valence-corrected chi connectivity index (χ3v) is 4.79. The van der Waals surface area contributed by atoms with Crippen molar-refractivity contribution in [3.63, 3.8) is 0 Å². The molecule has 2 aromatic rings. The van der Waals surface area contributed by atoms with Crippen LogP contribution in [0.25, 0.3) is 0 Å². The minimum absolute atomic E-state index is 0.312. The maximum absolute atomic E-state index is 8.86. The number of hydrogen-bond donors (Lipinski definition) is 0.